The van der Waals surface area contributed by atoms with Gasteiger partial charge in [0.25, 0.3) is 0 Å². The lowest BCUT2D eigenvalue weighted by atomic mass is 10.00. The summed E-state index contributed by atoms with van der Waals surface area (Å²) >= 11 is 0. The van der Waals surface area contributed by atoms with E-state index < -0.39 is 11.6 Å². The van der Waals surface area contributed by atoms with Crippen molar-refractivity contribution in [3.8, 4) is 0 Å². The molecule has 1 rings (SSSR count). The van der Waals surface area contributed by atoms with E-state index in [0.717, 1.165) is 6.42 Å². The van der Waals surface area contributed by atoms with E-state index in [1.807, 2.05) is 20.8 Å². The first-order valence-corrected chi connectivity index (χ1v) is 8.02. The van der Waals surface area contributed by atoms with Gasteiger partial charge in [0.15, 0.2) is 0 Å². The molecule has 128 valence electrons. The van der Waals surface area contributed by atoms with Crippen LogP contribution in [0.15, 0.2) is 0 Å². The number of carbonyl (C=O) groups is 2. The smallest absolute Gasteiger partial charge is 0.410 e. The van der Waals surface area contributed by atoms with Crippen molar-refractivity contribution in [1.29, 1.82) is 0 Å². The second-order valence-electron chi connectivity index (χ2n) is 7.39. The average molecular weight is 314 g/mol. The van der Waals surface area contributed by atoms with Gasteiger partial charge in [0, 0.05) is 32.2 Å². The molecule has 0 spiro atoms. The maximum Gasteiger partial charge on any atom is 0.410 e. The second-order valence-corrected chi connectivity index (χ2v) is 7.39. The number of hydrogen-bond donors (Lipinski definition) is 1. The van der Waals surface area contributed by atoms with Gasteiger partial charge in [0.05, 0.1) is 6.42 Å². The molecule has 1 heterocycles. The largest absolute Gasteiger partial charge is 0.481 e. The average Bonchev–Trinajstić information content (AvgIpc) is 2.34. The molecule has 0 aliphatic carbocycles. The topological polar surface area (TPSA) is 70.1 Å². The van der Waals surface area contributed by atoms with E-state index in [0.29, 0.717) is 32.1 Å². The Bertz CT molecular complexity index is 390. The number of carboxylic acid groups (broad SMARTS) is 1. The van der Waals surface area contributed by atoms with Crippen molar-refractivity contribution >= 4 is 12.1 Å². The molecular weight excluding hydrogens is 284 g/mol. The molecule has 1 amide bonds. The second kappa shape index (κ2) is 7.81. The van der Waals surface area contributed by atoms with Crippen molar-refractivity contribution in [2.45, 2.75) is 59.1 Å². The molecule has 1 aliphatic rings. The summed E-state index contributed by atoms with van der Waals surface area (Å²) in [6.07, 6.45) is 0.805. The van der Waals surface area contributed by atoms with E-state index in [1.165, 1.54) is 0 Å². The van der Waals surface area contributed by atoms with Gasteiger partial charge >= 0.3 is 12.1 Å². The highest BCUT2D eigenvalue weighted by Crippen LogP contribution is 2.19. The summed E-state index contributed by atoms with van der Waals surface area (Å²) in [6, 6.07) is 0.195. The van der Waals surface area contributed by atoms with E-state index in [1.54, 1.807) is 4.90 Å². The zero-order valence-electron chi connectivity index (χ0n) is 14.5. The molecule has 0 radical (unpaired) electrons. The van der Waals surface area contributed by atoms with E-state index in [-0.39, 0.29) is 18.6 Å². The molecule has 0 aromatic rings. The number of rotatable bonds is 5. The minimum atomic E-state index is -0.780. The van der Waals surface area contributed by atoms with Gasteiger partial charge in [-0.25, -0.2) is 4.79 Å². The van der Waals surface area contributed by atoms with Crippen LogP contribution in [0.3, 0.4) is 0 Å². The summed E-state index contributed by atoms with van der Waals surface area (Å²) in [4.78, 5) is 26.9. The predicted octanol–water partition coefficient (Wildman–Crippen LogP) is 2.43. The fraction of sp³-hybridized carbons (Fsp3) is 0.875. The number of ether oxygens (including phenoxy) is 1. The molecule has 1 unspecified atom stereocenters. The van der Waals surface area contributed by atoms with Gasteiger partial charge in [-0.3, -0.25) is 9.69 Å². The molecule has 1 N–H and O–H groups in total. The minimum Gasteiger partial charge on any atom is -0.481 e. The van der Waals surface area contributed by atoms with Gasteiger partial charge in [-0.2, -0.15) is 0 Å². The third-order valence-corrected chi connectivity index (χ3v) is 3.61. The SMILES string of the molecule is CC(C)CC1CN(C(=O)OC(C)(C)C)CCN1CCC(=O)O. The Morgan fingerprint density at radius 3 is 2.41 bits per heavy atom. The van der Waals surface area contributed by atoms with E-state index in [9.17, 15) is 9.59 Å². The number of aliphatic carboxylic acids is 1. The molecule has 22 heavy (non-hydrogen) atoms. The normalized spacial score (nSPS) is 20.3. The molecule has 1 fully saturated rings. The molecule has 0 saturated carbocycles. The van der Waals surface area contributed by atoms with Crippen molar-refractivity contribution in [2.24, 2.45) is 5.92 Å². The monoisotopic (exact) mass is 314 g/mol. The lowest BCUT2D eigenvalue weighted by Gasteiger charge is -2.42. The summed E-state index contributed by atoms with van der Waals surface area (Å²) in [7, 11) is 0. The first kappa shape index (κ1) is 18.7. The molecule has 0 aromatic heterocycles. The number of hydrogen-bond acceptors (Lipinski definition) is 4. The van der Waals surface area contributed by atoms with Gasteiger partial charge in [-0.05, 0) is 33.1 Å². The van der Waals surface area contributed by atoms with E-state index in [4.69, 9.17) is 9.84 Å². The van der Waals surface area contributed by atoms with Gasteiger partial charge in [0.2, 0.25) is 0 Å². The molecular formula is C16H30N2O4. The number of carbonyl (C=O) groups excluding carboxylic acids is 1. The quantitative estimate of drug-likeness (QED) is 0.844. The molecule has 0 aromatic carbocycles. The van der Waals surface area contributed by atoms with Crippen LogP contribution < -0.4 is 0 Å². The Morgan fingerprint density at radius 2 is 1.91 bits per heavy atom. The van der Waals surface area contributed by atoms with Gasteiger partial charge in [0.1, 0.15) is 5.60 Å². The molecule has 1 atom stereocenters. The predicted molar refractivity (Wildman–Crippen MR) is 84.9 cm³/mol. The van der Waals surface area contributed by atoms with Gasteiger partial charge in [-0.1, -0.05) is 13.8 Å². The maximum absolute atomic E-state index is 12.2. The van der Waals surface area contributed by atoms with Crippen molar-refractivity contribution in [3.63, 3.8) is 0 Å². The highest BCUT2D eigenvalue weighted by molar-refractivity contribution is 5.68. The Hall–Kier alpha value is -1.30. The summed E-state index contributed by atoms with van der Waals surface area (Å²) in [5, 5.41) is 8.87. The third-order valence-electron chi connectivity index (χ3n) is 3.61. The van der Waals surface area contributed by atoms with E-state index >= 15 is 0 Å². The molecule has 6 nitrogen and oxygen atoms in total. The molecule has 6 heteroatoms. The van der Waals surface area contributed by atoms with Crippen LogP contribution in [0.2, 0.25) is 0 Å². The molecule has 0 bridgehead atoms. The lowest BCUT2D eigenvalue weighted by molar-refractivity contribution is -0.137. The summed E-state index contributed by atoms with van der Waals surface area (Å²) in [5.41, 5.74) is -0.495. The van der Waals surface area contributed by atoms with Crippen molar-refractivity contribution < 1.29 is 19.4 Å². The first-order chi connectivity index (χ1) is 10.1. The van der Waals surface area contributed by atoms with Crippen LogP contribution in [0.25, 0.3) is 0 Å². The first-order valence-electron chi connectivity index (χ1n) is 8.02. The Balaban J connectivity index is 2.66. The Kier molecular flexibility index (Phi) is 6.66. The fourth-order valence-corrected chi connectivity index (χ4v) is 2.69. The third kappa shape index (κ3) is 6.64. The number of amides is 1. The van der Waals surface area contributed by atoms with Crippen molar-refractivity contribution in [2.75, 3.05) is 26.2 Å². The minimum absolute atomic E-state index is 0.140. The summed E-state index contributed by atoms with van der Waals surface area (Å²) in [6.45, 7) is 12.3. The highest BCUT2D eigenvalue weighted by Gasteiger charge is 2.32. The van der Waals surface area contributed by atoms with Crippen LogP contribution in [0.4, 0.5) is 4.79 Å². The Morgan fingerprint density at radius 1 is 1.27 bits per heavy atom. The van der Waals surface area contributed by atoms with Gasteiger partial charge < -0.3 is 14.7 Å². The lowest BCUT2D eigenvalue weighted by Crippen LogP contribution is -2.56. The van der Waals surface area contributed by atoms with E-state index in [2.05, 4.69) is 18.7 Å². The number of carboxylic acids is 1. The van der Waals surface area contributed by atoms with Crippen LogP contribution >= 0.6 is 0 Å². The van der Waals surface area contributed by atoms with Crippen molar-refractivity contribution in [3.05, 3.63) is 0 Å². The van der Waals surface area contributed by atoms with Crippen LogP contribution in [0.5, 0.6) is 0 Å². The maximum atomic E-state index is 12.2. The number of nitrogens with zero attached hydrogens (tertiary/aromatic N) is 2. The Labute approximate surface area is 133 Å². The van der Waals surface area contributed by atoms with Crippen LogP contribution in [0, 0.1) is 5.92 Å². The zero-order valence-corrected chi connectivity index (χ0v) is 14.5. The fourth-order valence-electron chi connectivity index (χ4n) is 2.69. The van der Waals surface area contributed by atoms with Crippen molar-refractivity contribution in [1.82, 2.24) is 9.80 Å². The zero-order chi connectivity index (χ0) is 16.9. The summed E-state index contributed by atoms with van der Waals surface area (Å²) in [5.74, 6) is -0.284. The number of piperazine rings is 1. The van der Waals surface area contributed by atoms with Crippen LogP contribution in [0.1, 0.15) is 47.5 Å². The summed E-state index contributed by atoms with van der Waals surface area (Å²) < 4.78 is 5.44. The van der Waals surface area contributed by atoms with Gasteiger partial charge in [-0.15, -0.1) is 0 Å². The highest BCUT2D eigenvalue weighted by atomic mass is 16.6. The van der Waals surface area contributed by atoms with Crippen LogP contribution in [-0.4, -0.2) is 64.8 Å². The van der Waals surface area contributed by atoms with Crippen LogP contribution in [-0.2, 0) is 9.53 Å². The molecule has 1 aliphatic heterocycles. The molecule has 1 saturated heterocycles. The standard InChI is InChI=1S/C16H30N2O4/c1-12(2)10-13-11-18(15(21)22-16(3,4)5)9-8-17(13)7-6-14(19)20/h12-13H,6-11H2,1-5H3,(H,19,20).